The molecule has 4 heteroatoms. The average molecular weight is 328 g/mol. The third kappa shape index (κ3) is 3.78. The van der Waals surface area contributed by atoms with Crippen LogP contribution >= 0.6 is 15.9 Å². The third-order valence-electron chi connectivity index (χ3n) is 3.86. The summed E-state index contributed by atoms with van der Waals surface area (Å²) < 4.78 is 13.5. The summed E-state index contributed by atoms with van der Waals surface area (Å²) >= 11 is 3.11. The lowest BCUT2D eigenvalue weighted by Crippen LogP contribution is -2.38. The molecule has 104 valence electrons. The summed E-state index contributed by atoms with van der Waals surface area (Å²) in [6, 6.07) is 4.61. The van der Waals surface area contributed by atoms with Crippen LogP contribution in [0.1, 0.15) is 49.4 Å². The second kappa shape index (κ2) is 6.51. The first-order valence-corrected chi connectivity index (χ1v) is 7.63. The van der Waals surface area contributed by atoms with Crippen LogP contribution in [0.4, 0.5) is 4.39 Å². The van der Waals surface area contributed by atoms with Crippen LogP contribution in [-0.4, -0.2) is 11.9 Å². The zero-order valence-electron chi connectivity index (χ0n) is 11.1. The van der Waals surface area contributed by atoms with Gasteiger partial charge >= 0.3 is 0 Å². The highest BCUT2D eigenvalue weighted by molar-refractivity contribution is 9.10. The Labute approximate surface area is 121 Å². The first-order chi connectivity index (χ1) is 9.08. The molecule has 1 aromatic rings. The van der Waals surface area contributed by atoms with E-state index in [9.17, 15) is 9.18 Å². The first-order valence-electron chi connectivity index (χ1n) is 6.84. The highest BCUT2D eigenvalue weighted by atomic mass is 79.9. The number of carbonyl (C=O) groups excluding carboxylic acids is 1. The Morgan fingerprint density at radius 3 is 2.79 bits per heavy atom. The quantitative estimate of drug-likeness (QED) is 0.807. The molecule has 0 radical (unpaired) electrons. The molecule has 0 heterocycles. The Morgan fingerprint density at radius 2 is 2.05 bits per heavy atom. The highest BCUT2D eigenvalue weighted by Gasteiger charge is 2.22. The Balaban J connectivity index is 2.05. The lowest BCUT2D eigenvalue weighted by Gasteiger charge is -2.22. The molecule has 0 spiro atoms. The molecule has 0 bridgehead atoms. The maximum absolute atomic E-state index is 13.2. The van der Waals surface area contributed by atoms with Crippen LogP contribution in [0.2, 0.25) is 0 Å². The lowest BCUT2D eigenvalue weighted by atomic mass is 9.96. The molecule has 1 aliphatic rings. The molecule has 2 atom stereocenters. The summed E-state index contributed by atoms with van der Waals surface area (Å²) in [5.41, 5.74) is 0.504. The van der Waals surface area contributed by atoms with Gasteiger partial charge in [0.05, 0.1) is 4.47 Å². The summed E-state index contributed by atoms with van der Waals surface area (Å²) in [6.45, 7) is 2.19. The highest BCUT2D eigenvalue weighted by Crippen LogP contribution is 2.23. The number of benzene rings is 1. The second-order valence-corrected chi connectivity index (χ2v) is 6.18. The van der Waals surface area contributed by atoms with Crippen LogP contribution in [0, 0.1) is 11.7 Å². The minimum atomic E-state index is -0.348. The van der Waals surface area contributed by atoms with Gasteiger partial charge in [-0.15, -0.1) is 0 Å². The molecular weight excluding hydrogens is 309 g/mol. The summed E-state index contributed by atoms with van der Waals surface area (Å²) in [5.74, 6) is 0.0502. The molecule has 1 aromatic carbocycles. The second-order valence-electron chi connectivity index (χ2n) is 5.32. The topological polar surface area (TPSA) is 29.1 Å². The van der Waals surface area contributed by atoms with Crippen molar-refractivity contribution in [2.75, 3.05) is 0 Å². The summed E-state index contributed by atoms with van der Waals surface area (Å²) in [5, 5.41) is 3.09. The third-order valence-corrected chi connectivity index (χ3v) is 4.47. The average Bonchev–Trinajstić information content (AvgIpc) is 2.58. The van der Waals surface area contributed by atoms with Crippen molar-refractivity contribution in [2.24, 2.45) is 5.92 Å². The number of nitrogens with one attached hydrogen (secondary N) is 1. The van der Waals surface area contributed by atoms with Crippen molar-refractivity contribution in [3.05, 3.63) is 34.1 Å². The van der Waals surface area contributed by atoms with Gasteiger partial charge in [-0.2, -0.15) is 0 Å². The van der Waals surface area contributed by atoms with E-state index in [1.807, 2.05) is 0 Å². The molecular formula is C15H19BrFNO. The molecule has 1 N–H and O–H groups in total. The number of rotatable bonds is 2. The molecule has 1 fully saturated rings. The van der Waals surface area contributed by atoms with Crippen molar-refractivity contribution in [3.63, 3.8) is 0 Å². The van der Waals surface area contributed by atoms with E-state index < -0.39 is 0 Å². The normalized spacial score (nSPS) is 23.7. The maximum atomic E-state index is 13.2. The van der Waals surface area contributed by atoms with Gasteiger partial charge in [0, 0.05) is 11.6 Å². The predicted molar refractivity (Wildman–Crippen MR) is 77.6 cm³/mol. The Hall–Kier alpha value is -0.900. The van der Waals surface area contributed by atoms with Gasteiger partial charge in [0.25, 0.3) is 5.91 Å². The van der Waals surface area contributed by atoms with Gasteiger partial charge in [-0.1, -0.05) is 26.2 Å². The van der Waals surface area contributed by atoms with Gasteiger partial charge in [-0.3, -0.25) is 4.79 Å². The summed E-state index contributed by atoms with van der Waals surface area (Å²) in [6.07, 6.45) is 5.87. The monoisotopic (exact) mass is 327 g/mol. The molecule has 1 amide bonds. The molecule has 19 heavy (non-hydrogen) atoms. The molecule has 2 rings (SSSR count). The number of halogens is 2. The molecule has 1 aliphatic carbocycles. The number of carbonyl (C=O) groups is 1. The zero-order chi connectivity index (χ0) is 13.8. The molecule has 0 aliphatic heterocycles. The van der Waals surface area contributed by atoms with Crippen molar-refractivity contribution in [1.29, 1.82) is 0 Å². The Kier molecular flexibility index (Phi) is 4.97. The van der Waals surface area contributed by atoms with Crippen LogP contribution in [0.15, 0.2) is 22.7 Å². The fourth-order valence-corrected chi connectivity index (χ4v) is 2.98. The number of hydrogen-bond donors (Lipinski definition) is 1. The van der Waals surface area contributed by atoms with Gasteiger partial charge in [-0.05, 0) is 52.9 Å². The van der Waals surface area contributed by atoms with Crippen LogP contribution < -0.4 is 5.32 Å². The van der Waals surface area contributed by atoms with Crippen molar-refractivity contribution < 1.29 is 9.18 Å². The van der Waals surface area contributed by atoms with E-state index in [1.165, 1.54) is 37.5 Å². The van der Waals surface area contributed by atoms with Crippen molar-refractivity contribution in [2.45, 2.75) is 45.1 Å². The van der Waals surface area contributed by atoms with Crippen LogP contribution in [0.3, 0.4) is 0 Å². The van der Waals surface area contributed by atoms with Gasteiger partial charge < -0.3 is 5.32 Å². The largest absolute Gasteiger partial charge is 0.349 e. The predicted octanol–water partition coefficient (Wildman–Crippen LogP) is 4.29. The zero-order valence-corrected chi connectivity index (χ0v) is 12.7. The fraction of sp³-hybridized carbons (Fsp3) is 0.533. The molecule has 1 saturated carbocycles. The van der Waals surface area contributed by atoms with Gasteiger partial charge in [0.1, 0.15) is 5.82 Å². The summed E-state index contributed by atoms with van der Waals surface area (Å²) in [7, 11) is 0. The standard InChI is InChI=1S/C15H19BrFNO/c1-10-5-3-2-4-6-14(10)18-15(19)11-7-8-13(17)12(16)9-11/h7-10,14H,2-6H2,1H3,(H,18,19). The van der Waals surface area contributed by atoms with Crippen LogP contribution in [-0.2, 0) is 0 Å². The SMILES string of the molecule is CC1CCCCCC1NC(=O)c1ccc(F)c(Br)c1. The lowest BCUT2D eigenvalue weighted by molar-refractivity contribution is 0.0921. The van der Waals surface area contributed by atoms with E-state index in [0.717, 1.165) is 12.8 Å². The van der Waals surface area contributed by atoms with E-state index in [1.54, 1.807) is 0 Å². The van der Waals surface area contributed by atoms with Crippen molar-refractivity contribution in [3.8, 4) is 0 Å². The number of amides is 1. The van der Waals surface area contributed by atoms with Crippen molar-refractivity contribution in [1.82, 2.24) is 5.32 Å². The molecule has 0 saturated heterocycles. The van der Waals surface area contributed by atoms with Crippen molar-refractivity contribution >= 4 is 21.8 Å². The van der Waals surface area contributed by atoms with E-state index >= 15 is 0 Å². The number of hydrogen-bond acceptors (Lipinski definition) is 1. The van der Waals surface area contributed by atoms with E-state index in [0.29, 0.717) is 16.0 Å². The van der Waals surface area contributed by atoms with E-state index in [4.69, 9.17) is 0 Å². The van der Waals surface area contributed by atoms with Crippen LogP contribution in [0.5, 0.6) is 0 Å². The maximum Gasteiger partial charge on any atom is 0.251 e. The smallest absolute Gasteiger partial charge is 0.251 e. The fourth-order valence-electron chi connectivity index (χ4n) is 2.60. The first kappa shape index (κ1) is 14.5. The minimum Gasteiger partial charge on any atom is -0.349 e. The van der Waals surface area contributed by atoms with E-state index in [2.05, 4.69) is 28.2 Å². The molecule has 2 nitrogen and oxygen atoms in total. The molecule has 2 unspecified atom stereocenters. The van der Waals surface area contributed by atoms with Crippen LogP contribution in [0.25, 0.3) is 0 Å². The minimum absolute atomic E-state index is 0.112. The molecule has 0 aromatic heterocycles. The summed E-state index contributed by atoms with van der Waals surface area (Å²) in [4.78, 5) is 12.2. The van der Waals surface area contributed by atoms with E-state index in [-0.39, 0.29) is 17.8 Å². The van der Waals surface area contributed by atoms with Gasteiger partial charge in [0.2, 0.25) is 0 Å². The van der Waals surface area contributed by atoms with Gasteiger partial charge in [0.15, 0.2) is 0 Å². The Morgan fingerprint density at radius 1 is 1.32 bits per heavy atom. The van der Waals surface area contributed by atoms with Gasteiger partial charge in [-0.25, -0.2) is 4.39 Å². The Bertz CT molecular complexity index is 463.